The number of esters is 1. The Bertz CT molecular complexity index is 2280. The molecule has 0 radical (unpaired) electrons. The molecule has 0 saturated carbocycles. The average Bonchev–Trinajstić information content (AvgIpc) is 3.58. The number of piperidine rings is 1. The Morgan fingerprint density at radius 2 is 1.64 bits per heavy atom. The van der Waals surface area contributed by atoms with Crippen molar-refractivity contribution in [3.05, 3.63) is 57.8 Å². The normalized spacial score (nSPS) is 28.0. The molecule has 14 heteroatoms. The molecule has 2 aromatic rings. The topological polar surface area (TPSA) is 189 Å². The quantitative estimate of drug-likeness (QED) is 0.0906. The minimum absolute atomic E-state index is 0.000958. The highest BCUT2D eigenvalue weighted by Gasteiger charge is 2.42. The molecule has 1 amide bonds. The zero-order valence-corrected chi connectivity index (χ0v) is 40.2. The lowest BCUT2D eigenvalue weighted by Gasteiger charge is -2.41. The maximum absolute atomic E-state index is 14.8. The second-order valence-corrected chi connectivity index (χ2v) is 19.1. The van der Waals surface area contributed by atoms with E-state index in [9.17, 15) is 29.7 Å². The Morgan fingerprint density at radius 1 is 0.984 bits per heavy atom. The van der Waals surface area contributed by atoms with Crippen LogP contribution in [0.1, 0.15) is 118 Å². The Hall–Kier alpha value is -4.63. The van der Waals surface area contributed by atoms with E-state index in [4.69, 9.17) is 28.9 Å². The second kappa shape index (κ2) is 20.7. The molecule has 2 bridgehead atoms. The molecule has 1 spiro atoms. The first-order chi connectivity index (χ1) is 30.0. The van der Waals surface area contributed by atoms with Crippen LogP contribution in [-0.2, 0) is 23.8 Å². The highest BCUT2D eigenvalue weighted by Crippen LogP contribution is 2.46. The number of allylic oxidation sites excluding steroid dienone is 4. The van der Waals surface area contributed by atoms with Crippen LogP contribution in [0.3, 0.4) is 0 Å². The van der Waals surface area contributed by atoms with Gasteiger partial charge in [0.2, 0.25) is 0 Å². The number of hydrogen-bond donors (Lipinski definition) is 4. The van der Waals surface area contributed by atoms with Gasteiger partial charge in [0.25, 0.3) is 5.91 Å². The Labute approximate surface area is 378 Å². The van der Waals surface area contributed by atoms with Crippen molar-refractivity contribution in [2.24, 2.45) is 39.6 Å². The number of ether oxygens (including phenoxy) is 4. The standard InChI is InChI=1S/C50H72N4O10/c1-14-62-47-32(8)43(57)39-38-37(47)35(56)19-16-20-36(61-13)31(7)46(63-34(10)55)33(9)45(64-49(11,12)60)30(6)25-28(4)17-15-18-29(5)48(59)51-42(44(39)58)41-40(38)52-50(53-41)21-23-54(24-22-50)26-27(2)3/h15-18,20,27-28,30-31,33,36,45-46,57-58,60H,14,19,21-26H2,1-13H3,(H,51,59)/b17-15+,20-16+,29-18-/t28-,30+,31+,33+,36-,45+,46+/m0/s1. The van der Waals surface area contributed by atoms with Gasteiger partial charge in [-0.15, -0.1) is 0 Å². The fraction of sp³-hybridized carbons (Fsp3) is 0.620. The minimum Gasteiger partial charge on any atom is -0.507 e. The molecule has 0 aliphatic carbocycles. The summed E-state index contributed by atoms with van der Waals surface area (Å²) in [6.45, 7) is 24.4. The lowest BCUT2D eigenvalue weighted by Crippen LogP contribution is -2.47. The number of carbonyl (C=O) groups excluding carboxylic acids is 3. The van der Waals surface area contributed by atoms with Crippen LogP contribution in [0.25, 0.3) is 10.8 Å². The van der Waals surface area contributed by atoms with E-state index >= 15 is 0 Å². The molecule has 14 nitrogen and oxygen atoms in total. The van der Waals surface area contributed by atoms with Gasteiger partial charge in [0.05, 0.1) is 35.1 Å². The number of carbonyl (C=O) groups is 3. The number of ketones is 1. The van der Waals surface area contributed by atoms with Gasteiger partial charge in [0, 0.05) is 81.3 Å². The van der Waals surface area contributed by atoms with Gasteiger partial charge in [0.1, 0.15) is 28.6 Å². The first kappa shape index (κ1) is 50.4. The number of phenols is 2. The van der Waals surface area contributed by atoms with Gasteiger partial charge in [-0.05, 0) is 58.8 Å². The van der Waals surface area contributed by atoms with E-state index in [0.717, 1.165) is 19.6 Å². The van der Waals surface area contributed by atoms with Crippen LogP contribution in [-0.4, -0.2) is 101 Å². The predicted octanol–water partition coefficient (Wildman–Crippen LogP) is 7.24. The molecule has 1 fully saturated rings. The fourth-order valence-electron chi connectivity index (χ4n) is 9.67. The molecule has 2 aromatic carbocycles. The number of aromatic hydroxyl groups is 2. The van der Waals surface area contributed by atoms with Crippen molar-refractivity contribution < 1.29 is 48.7 Å². The number of nitrogens with one attached hydrogen (secondary N) is 1. The maximum Gasteiger partial charge on any atom is 0.302 e. The Kier molecular flexibility index (Phi) is 16.3. The molecule has 4 N–H and O–H groups in total. The fourth-order valence-corrected chi connectivity index (χ4v) is 9.67. The number of Topliss-reactive ketones (excluding diaryl/α,β-unsaturated/α-hetero) is 1. The summed E-state index contributed by atoms with van der Waals surface area (Å²) in [5.41, 5.74) is -0.230. The van der Waals surface area contributed by atoms with Crippen molar-refractivity contribution in [2.75, 3.05) is 38.7 Å². The summed E-state index contributed by atoms with van der Waals surface area (Å²) in [5.74, 6) is -3.97. The first-order valence-electron chi connectivity index (χ1n) is 22.9. The summed E-state index contributed by atoms with van der Waals surface area (Å²) in [4.78, 5) is 54.4. The number of amides is 1. The van der Waals surface area contributed by atoms with E-state index < -0.39 is 59.2 Å². The van der Waals surface area contributed by atoms with Crippen LogP contribution in [0.4, 0.5) is 5.69 Å². The van der Waals surface area contributed by atoms with Gasteiger partial charge in [-0.1, -0.05) is 71.9 Å². The third kappa shape index (κ3) is 11.2. The summed E-state index contributed by atoms with van der Waals surface area (Å²) >= 11 is 0. The number of hydrogen-bond acceptors (Lipinski definition) is 13. The zero-order chi connectivity index (χ0) is 47.4. The highest BCUT2D eigenvalue weighted by atomic mass is 16.6. The van der Waals surface area contributed by atoms with Gasteiger partial charge in [-0.2, -0.15) is 0 Å². The van der Waals surface area contributed by atoms with E-state index in [-0.39, 0.29) is 80.4 Å². The maximum atomic E-state index is 14.8. The van der Waals surface area contributed by atoms with Crippen LogP contribution >= 0.6 is 0 Å². The van der Waals surface area contributed by atoms with Crippen LogP contribution in [0.5, 0.6) is 17.2 Å². The molecule has 0 unspecified atom stereocenters. The van der Waals surface area contributed by atoms with Crippen molar-refractivity contribution in [3.63, 3.8) is 0 Å². The van der Waals surface area contributed by atoms with Gasteiger partial charge in [0.15, 0.2) is 23.0 Å². The largest absolute Gasteiger partial charge is 0.507 e. The second-order valence-electron chi connectivity index (χ2n) is 19.1. The Morgan fingerprint density at radius 3 is 2.23 bits per heavy atom. The number of benzene rings is 2. The summed E-state index contributed by atoms with van der Waals surface area (Å²) in [5, 5.41) is 38.7. The lowest BCUT2D eigenvalue weighted by molar-refractivity contribution is -0.238. The molecular weight excluding hydrogens is 817 g/mol. The van der Waals surface area contributed by atoms with E-state index in [2.05, 4.69) is 24.1 Å². The van der Waals surface area contributed by atoms with Crippen molar-refractivity contribution in [2.45, 2.75) is 139 Å². The average molecular weight is 889 g/mol. The number of anilines is 1. The van der Waals surface area contributed by atoms with Crippen LogP contribution in [0, 0.1) is 36.5 Å². The van der Waals surface area contributed by atoms with E-state index in [1.165, 1.54) is 6.92 Å². The van der Waals surface area contributed by atoms with Gasteiger partial charge >= 0.3 is 5.97 Å². The monoisotopic (exact) mass is 889 g/mol. The third-order valence-corrected chi connectivity index (χ3v) is 12.7. The lowest BCUT2D eigenvalue weighted by atomic mass is 9.79. The summed E-state index contributed by atoms with van der Waals surface area (Å²) < 4.78 is 24.5. The van der Waals surface area contributed by atoms with Crippen LogP contribution < -0.4 is 20.8 Å². The van der Waals surface area contributed by atoms with E-state index in [1.807, 2.05) is 39.8 Å². The smallest absolute Gasteiger partial charge is 0.302 e. The molecule has 64 heavy (non-hydrogen) atoms. The van der Waals surface area contributed by atoms with Crippen molar-refractivity contribution in [1.29, 1.82) is 0 Å². The van der Waals surface area contributed by atoms with Crippen molar-refractivity contribution in [1.82, 2.24) is 4.90 Å². The number of aliphatic hydroxyl groups is 1. The van der Waals surface area contributed by atoms with Crippen molar-refractivity contribution in [3.8, 4) is 17.2 Å². The molecule has 3 heterocycles. The molecule has 5 rings (SSSR count). The van der Waals surface area contributed by atoms with Gasteiger partial charge in [-0.25, -0.2) is 0 Å². The molecule has 7 atom stereocenters. The number of phenolic OH excluding ortho intramolecular Hbond substituents is 2. The first-order valence-corrected chi connectivity index (χ1v) is 22.9. The third-order valence-electron chi connectivity index (χ3n) is 12.7. The van der Waals surface area contributed by atoms with E-state index in [1.54, 1.807) is 60.0 Å². The predicted molar refractivity (Wildman–Crippen MR) is 247 cm³/mol. The molecule has 1 saturated heterocycles. The summed E-state index contributed by atoms with van der Waals surface area (Å²) in [6.07, 6.45) is 8.66. The molecule has 352 valence electrons. The SMILES string of the molecule is CCOc1c(C)c(O)c2c(O)c3c4c(c2c1C(=O)C/C=C/[C@H](OC)[C@@H](C)[C@@H](OC(C)=O)[C@H](C)[C@H](OC(C)(C)O)[C@H](C)C[C@@H](C)/C=C/C=C(/C)C(=O)N3)=NC1(CCN(CC(C)C)CC1)N=4. The molecule has 3 aliphatic rings. The summed E-state index contributed by atoms with van der Waals surface area (Å²) in [7, 11) is 1.55. The van der Waals surface area contributed by atoms with Crippen LogP contribution in [0.2, 0.25) is 0 Å². The molecular formula is C50H72N4O10. The highest BCUT2D eigenvalue weighted by molar-refractivity contribution is 6.16. The number of likely N-dealkylation sites (tertiary alicyclic amines) is 1. The number of rotatable bonds is 8. The number of methoxy groups -OCH3 is 1. The zero-order valence-electron chi connectivity index (χ0n) is 40.2. The van der Waals surface area contributed by atoms with E-state index in [0.29, 0.717) is 30.8 Å². The number of nitrogens with zero attached hydrogens (tertiary/aromatic N) is 3. The summed E-state index contributed by atoms with van der Waals surface area (Å²) in [6, 6.07) is 0. The molecule has 0 aromatic heterocycles. The molecule has 3 aliphatic heterocycles. The van der Waals surface area contributed by atoms with Gasteiger partial charge < -0.3 is 44.5 Å². The van der Waals surface area contributed by atoms with Crippen molar-refractivity contribution >= 4 is 34.1 Å². The Balaban J connectivity index is 1.76. The minimum atomic E-state index is -1.49. The van der Waals surface area contributed by atoms with Crippen LogP contribution in [0.15, 0.2) is 45.9 Å². The van der Waals surface area contributed by atoms with Gasteiger partial charge in [-0.3, -0.25) is 24.4 Å².